The van der Waals surface area contributed by atoms with Gasteiger partial charge in [-0.05, 0) is 12.0 Å². The topological polar surface area (TPSA) is 62.5 Å². The minimum Gasteiger partial charge on any atom is -0.480 e. The van der Waals surface area contributed by atoms with E-state index in [1.165, 1.54) is 0 Å². The van der Waals surface area contributed by atoms with Gasteiger partial charge in [-0.15, -0.1) is 0 Å². The van der Waals surface area contributed by atoms with Crippen LogP contribution in [-0.2, 0) is 23.9 Å². The van der Waals surface area contributed by atoms with E-state index < -0.39 is 36.0 Å². The summed E-state index contributed by atoms with van der Waals surface area (Å²) in [4.78, 5) is 23.9. The van der Waals surface area contributed by atoms with Crippen molar-refractivity contribution in [3.63, 3.8) is 0 Å². The minimum atomic E-state index is -4.70. The van der Waals surface area contributed by atoms with Crippen LogP contribution in [0.2, 0.25) is 0 Å². The molecule has 9 heteroatoms. The van der Waals surface area contributed by atoms with Crippen molar-refractivity contribution in [3.05, 3.63) is 33.7 Å². The SMILES string of the molecule is O=C(O)Cn1cc(CCN2CC(F)C2)c(C(F)(F)F)cc1=O. The fourth-order valence-corrected chi connectivity index (χ4v) is 2.32. The van der Waals surface area contributed by atoms with Crippen molar-refractivity contribution in [3.8, 4) is 0 Å². The van der Waals surface area contributed by atoms with Crippen LogP contribution in [0.3, 0.4) is 0 Å². The van der Waals surface area contributed by atoms with E-state index in [0.717, 1.165) is 10.8 Å². The van der Waals surface area contributed by atoms with E-state index in [1.54, 1.807) is 4.90 Å². The van der Waals surface area contributed by atoms with Gasteiger partial charge in [-0.25, -0.2) is 4.39 Å². The molecule has 0 radical (unpaired) electrons. The smallest absolute Gasteiger partial charge is 0.416 e. The Morgan fingerprint density at radius 3 is 2.50 bits per heavy atom. The zero-order valence-electron chi connectivity index (χ0n) is 11.4. The van der Waals surface area contributed by atoms with E-state index in [2.05, 4.69) is 0 Å². The zero-order valence-corrected chi connectivity index (χ0v) is 11.4. The van der Waals surface area contributed by atoms with E-state index >= 15 is 0 Å². The van der Waals surface area contributed by atoms with Crippen molar-refractivity contribution in [1.29, 1.82) is 0 Å². The van der Waals surface area contributed by atoms with Crippen molar-refractivity contribution in [1.82, 2.24) is 9.47 Å². The number of pyridine rings is 1. The fraction of sp³-hybridized carbons (Fsp3) is 0.538. The van der Waals surface area contributed by atoms with Crippen molar-refractivity contribution in [2.45, 2.75) is 25.3 Å². The van der Waals surface area contributed by atoms with Crippen LogP contribution in [0.5, 0.6) is 0 Å². The summed E-state index contributed by atoms with van der Waals surface area (Å²) >= 11 is 0. The van der Waals surface area contributed by atoms with Gasteiger partial charge in [0.2, 0.25) is 0 Å². The van der Waals surface area contributed by atoms with E-state index in [4.69, 9.17) is 5.11 Å². The van der Waals surface area contributed by atoms with E-state index in [9.17, 15) is 27.2 Å². The third-order valence-electron chi connectivity index (χ3n) is 3.43. The van der Waals surface area contributed by atoms with Crippen LogP contribution in [0, 0.1) is 0 Å². The highest BCUT2D eigenvalue weighted by Crippen LogP contribution is 2.31. The Labute approximate surface area is 122 Å². The third-order valence-corrected chi connectivity index (χ3v) is 3.43. The molecule has 1 saturated heterocycles. The average molecular weight is 322 g/mol. The first-order valence-corrected chi connectivity index (χ1v) is 6.55. The molecule has 1 N–H and O–H groups in total. The van der Waals surface area contributed by atoms with Crippen molar-refractivity contribution >= 4 is 5.97 Å². The number of likely N-dealkylation sites (tertiary alicyclic amines) is 1. The highest BCUT2D eigenvalue weighted by molar-refractivity contribution is 5.66. The summed E-state index contributed by atoms with van der Waals surface area (Å²) in [6, 6.07) is 0.409. The van der Waals surface area contributed by atoms with Gasteiger partial charge < -0.3 is 9.67 Å². The maximum atomic E-state index is 13.0. The molecule has 1 aromatic heterocycles. The minimum absolute atomic E-state index is 0.0402. The Hall–Kier alpha value is -1.90. The molecule has 22 heavy (non-hydrogen) atoms. The Balaban J connectivity index is 2.26. The molecule has 1 aliphatic heterocycles. The quantitative estimate of drug-likeness (QED) is 0.826. The average Bonchev–Trinajstić information content (AvgIpc) is 2.34. The fourth-order valence-electron chi connectivity index (χ4n) is 2.32. The molecule has 0 spiro atoms. The second-order valence-electron chi connectivity index (χ2n) is 5.18. The Kier molecular flexibility index (Phi) is 4.55. The summed E-state index contributed by atoms with van der Waals surface area (Å²) in [5, 5.41) is 8.67. The number of aliphatic carboxylic acids is 1. The first kappa shape index (κ1) is 16.5. The third kappa shape index (κ3) is 3.85. The molecule has 0 amide bonds. The Morgan fingerprint density at radius 2 is 2.00 bits per heavy atom. The molecule has 0 saturated carbocycles. The lowest BCUT2D eigenvalue weighted by atomic mass is 10.0. The normalized spacial score (nSPS) is 16.5. The second-order valence-corrected chi connectivity index (χ2v) is 5.18. The predicted molar refractivity (Wildman–Crippen MR) is 68.4 cm³/mol. The molecule has 1 aromatic rings. The van der Waals surface area contributed by atoms with Crippen LogP contribution in [0.15, 0.2) is 17.1 Å². The monoisotopic (exact) mass is 322 g/mol. The van der Waals surface area contributed by atoms with Crippen LogP contribution >= 0.6 is 0 Å². The van der Waals surface area contributed by atoms with Gasteiger partial charge in [0.05, 0.1) is 5.56 Å². The number of nitrogens with zero attached hydrogens (tertiary/aromatic N) is 2. The molecule has 0 aliphatic carbocycles. The van der Waals surface area contributed by atoms with Gasteiger partial charge in [-0.3, -0.25) is 14.5 Å². The number of hydrogen-bond donors (Lipinski definition) is 1. The van der Waals surface area contributed by atoms with Crippen molar-refractivity contribution in [2.24, 2.45) is 0 Å². The molecule has 0 bridgehead atoms. The molecule has 0 aromatic carbocycles. The molecular weight excluding hydrogens is 308 g/mol. The van der Waals surface area contributed by atoms with E-state index in [1.807, 2.05) is 0 Å². The van der Waals surface area contributed by atoms with Gasteiger partial charge in [0.15, 0.2) is 0 Å². The van der Waals surface area contributed by atoms with E-state index in [0.29, 0.717) is 6.07 Å². The number of carbonyl (C=O) groups is 1. The maximum Gasteiger partial charge on any atom is 0.416 e. The molecule has 1 aliphatic rings. The maximum absolute atomic E-state index is 13.0. The van der Waals surface area contributed by atoms with Crippen LogP contribution in [-0.4, -0.2) is 46.3 Å². The highest BCUT2D eigenvalue weighted by Gasteiger charge is 2.35. The molecular formula is C13H14F4N2O3. The lowest BCUT2D eigenvalue weighted by Crippen LogP contribution is -2.49. The molecule has 0 unspecified atom stereocenters. The van der Waals surface area contributed by atoms with Crippen LogP contribution in [0.4, 0.5) is 17.6 Å². The Bertz CT molecular complexity index is 621. The predicted octanol–water partition coefficient (Wildman–Crippen LogP) is 1.15. The lowest BCUT2D eigenvalue weighted by molar-refractivity contribution is -0.138. The first-order chi connectivity index (χ1) is 10.2. The van der Waals surface area contributed by atoms with Gasteiger partial charge in [0.25, 0.3) is 5.56 Å². The number of carboxylic acids is 1. The van der Waals surface area contributed by atoms with Gasteiger partial charge in [0, 0.05) is 31.9 Å². The molecule has 0 atom stereocenters. The van der Waals surface area contributed by atoms with Gasteiger partial charge in [-0.1, -0.05) is 0 Å². The van der Waals surface area contributed by atoms with Gasteiger partial charge >= 0.3 is 12.1 Å². The molecule has 2 rings (SSSR count). The summed E-state index contributed by atoms with van der Waals surface area (Å²) in [5.41, 5.74) is -2.27. The van der Waals surface area contributed by atoms with Crippen molar-refractivity contribution in [2.75, 3.05) is 19.6 Å². The second kappa shape index (κ2) is 6.07. The summed E-state index contributed by atoms with van der Waals surface area (Å²) < 4.78 is 52.3. The van der Waals surface area contributed by atoms with E-state index in [-0.39, 0.29) is 31.6 Å². The van der Waals surface area contributed by atoms with Crippen molar-refractivity contribution < 1.29 is 27.5 Å². The number of carboxylic acid groups (broad SMARTS) is 1. The van der Waals surface area contributed by atoms with Gasteiger partial charge in [-0.2, -0.15) is 13.2 Å². The first-order valence-electron chi connectivity index (χ1n) is 6.55. The van der Waals surface area contributed by atoms with Gasteiger partial charge in [0.1, 0.15) is 12.7 Å². The lowest BCUT2D eigenvalue weighted by Gasteiger charge is -2.34. The molecule has 5 nitrogen and oxygen atoms in total. The summed E-state index contributed by atoms with van der Waals surface area (Å²) in [6.45, 7) is -0.138. The number of aromatic nitrogens is 1. The van der Waals surface area contributed by atoms with Crippen LogP contribution in [0.25, 0.3) is 0 Å². The number of halogens is 4. The van der Waals surface area contributed by atoms with Crippen LogP contribution in [0.1, 0.15) is 11.1 Å². The summed E-state index contributed by atoms with van der Waals surface area (Å²) in [6.07, 6.45) is -4.77. The molecule has 122 valence electrons. The van der Waals surface area contributed by atoms with Crippen LogP contribution < -0.4 is 5.56 Å². The number of hydrogen-bond acceptors (Lipinski definition) is 3. The standard InChI is InChI=1S/C13H14F4N2O3/c14-9-5-18(6-9)2-1-8-4-19(7-12(21)22)11(20)3-10(8)13(15,16)17/h3-4,9H,1-2,5-7H2,(H,21,22). The molecule has 1 fully saturated rings. The number of alkyl halides is 4. The molecule has 2 heterocycles. The number of rotatable bonds is 5. The largest absolute Gasteiger partial charge is 0.480 e. The Morgan fingerprint density at radius 1 is 1.36 bits per heavy atom. The summed E-state index contributed by atoms with van der Waals surface area (Å²) in [7, 11) is 0. The highest BCUT2D eigenvalue weighted by atomic mass is 19.4. The summed E-state index contributed by atoms with van der Waals surface area (Å²) in [5.74, 6) is -1.32. The zero-order chi connectivity index (χ0) is 16.5.